The van der Waals surface area contributed by atoms with Gasteiger partial charge in [-0.1, -0.05) is 13.8 Å². The van der Waals surface area contributed by atoms with Gasteiger partial charge in [-0.3, -0.25) is 4.98 Å². The van der Waals surface area contributed by atoms with Crippen LogP contribution >= 0.6 is 11.3 Å². The van der Waals surface area contributed by atoms with E-state index >= 15 is 0 Å². The number of nitrogens with zero attached hydrogens (tertiary/aromatic N) is 1. The Bertz CT molecular complexity index is 244. The van der Waals surface area contributed by atoms with E-state index < -0.39 is 6.10 Å². The fourth-order valence-electron chi connectivity index (χ4n) is 1.15. The molecule has 74 valence electrons. The summed E-state index contributed by atoms with van der Waals surface area (Å²) in [4.78, 5) is 4.84. The van der Waals surface area contributed by atoms with Gasteiger partial charge < -0.3 is 10.8 Å². The van der Waals surface area contributed by atoms with E-state index in [0.29, 0.717) is 6.54 Å². The smallest absolute Gasteiger partial charge is 0.0963 e. The number of rotatable bonds is 4. The highest BCUT2D eigenvalue weighted by Gasteiger charge is 2.31. The van der Waals surface area contributed by atoms with Gasteiger partial charge in [0.25, 0.3) is 0 Å². The van der Waals surface area contributed by atoms with Crippen molar-refractivity contribution in [3.05, 3.63) is 16.6 Å². The van der Waals surface area contributed by atoms with Crippen molar-refractivity contribution in [1.29, 1.82) is 0 Å². The van der Waals surface area contributed by atoms with Gasteiger partial charge in [0.05, 0.1) is 16.5 Å². The molecule has 0 radical (unpaired) electrons. The van der Waals surface area contributed by atoms with E-state index in [0.717, 1.165) is 11.3 Å². The molecule has 0 aromatic carbocycles. The average Bonchev–Trinajstić information content (AvgIpc) is 2.68. The third-order valence-corrected chi connectivity index (χ3v) is 3.48. The Labute approximate surface area is 82.6 Å². The number of nitrogens with two attached hydrogens (primary N) is 1. The van der Waals surface area contributed by atoms with Crippen LogP contribution in [-0.2, 0) is 0 Å². The van der Waals surface area contributed by atoms with Crippen LogP contribution < -0.4 is 5.73 Å². The van der Waals surface area contributed by atoms with Gasteiger partial charge >= 0.3 is 0 Å². The Morgan fingerprint density at radius 1 is 1.77 bits per heavy atom. The third-order valence-electron chi connectivity index (χ3n) is 2.66. The molecule has 0 aliphatic heterocycles. The summed E-state index contributed by atoms with van der Waals surface area (Å²) < 4.78 is 0. The van der Waals surface area contributed by atoms with E-state index in [2.05, 4.69) is 4.98 Å². The zero-order chi connectivity index (χ0) is 9.90. The minimum Gasteiger partial charge on any atom is -0.387 e. The zero-order valence-electron chi connectivity index (χ0n) is 8.03. The lowest BCUT2D eigenvalue weighted by Crippen LogP contribution is -2.32. The first-order chi connectivity index (χ1) is 6.14. The monoisotopic (exact) mass is 200 g/mol. The van der Waals surface area contributed by atoms with Crippen molar-refractivity contribution in [3.63, 3.8) is 0 Å². The van der Waals surface area contributed by atoms with Crippen molar-refractivity contribution in [2.24, 2.45) is 11.1 Å². The summed E-state index contributed by atoms with van der Waals surface area (Å²) in [7, 11) is 0. The third kappa shape index (κ3) is 2.07. The lowest BCUT2D eigenvalue weighted by Gasteiger charge is -2.31. The topological polar surface area (TPSA) is 59.1 Å². The van der Waals surface area contributed by atoms with E-state index in [1.807, 2.05) is 13.8 Å². The fourth-order valence-corrected chi connectivity index (χ4v) is 1.93. The Morgan fingerprint density at radius 2 is 2.46 bits per heavy atom. The molecule has 2 atom stereocenters. The summed E-state index contributed by atoms with van der Waals surface area (Å²) in [6.45, 7) is 4.52. The maximum absolute atomic E-state index is 10.0. The summed E-state index contributed by atoms with van der Waals surface area (Å²) >= 11 is 1.47. The molecule has 13 heavy (non-hydrogen) atoms. The molecular weight excluding hydrogens is 184 g/mol. The van der Waals surface area contributed by atoms with Crippen LogP contribution in [-0.4, -0.2) is 16.6 Å². The average molecular weight is 200 g/mol. The van der Waals surface area contributed by atoms with Gasteiger partial charge in [-0.15, -0.1) is 11.3 Å². The number of aromatic nitrogens is 1. The molecule has 1 aromatic rings. The van der Waals surface area contributed by atoms with Crippen molar-refractivity contribution in [2.75, 3.05) is 6.54 Å². The maximum atomic E-state index is 10.0. The van der Waals surface area contributed by atoms with Gasteiger partial charge in [-0.2, -0.15) is 0 Å². The van der Waals surface area contributed by atoms with E-state index in [9.17, 15) is 5.11 Å². The molecule has 4 heteroatoms. The van der Waals surface area contributed by atoms with Crippen molar-refractivity contribution < 1.29 is 5.11 Å². The number of aliphatic hydroxyl groups excluding tert-OH is 1. The molecule has 0 spiro atoms. The molecule has 1 aromatic heterocycles. The van der Waals surface area contributed by atoms with E-state index in [1.54, 1.807) is 11.7 Å². The Hall–Kier alpha value is -0.450. The molecule has 0 bridgehead atoms. The van der Waals surface area contributed by atoms with E-state index in [-0.39, 0.29) is 5.41 Å². The second-order valence-corrected chi connectivity index (χ2v) is 4.44. The molecule has 0 saturated heterocycles. The van der Waals surface area contributed by atoms with Gasteiger partial charge in [-0.25, -0.2) is 0 Å². The van der Waals surface area contributed by atoms with E-state index in [1.165, 1.54) is 11.3 Å². The summed E-state index contributed by atoms with van der Waals surface area (Å²) in [5, 5.41) is 10.0. The van der Waals surface area contributed by atoms with Crippen LogP contribution in [0.2, 0.25) is 0 Å². The molecule has 3 nitrogen and oxygen atoms in total. The van der Waals surface area contributed by atoms with Gasteiger partial charge in [0.1, 0.15) is 0 Å². The Kier molecular flexibility index (Phi) is 3.41. The van der Waals surface area contributed by atoms with Crippen LogP contribution in [0.3, 0.4) is 0 Å². The highest BCUT2D eigenvalue weighted by molar-refractivity contribution is 7.09. The van der Waals surface area contributed by atoms with Crippen molar-refractivity contribution >= 4 is 11.3 Å². The molecule has 1 heterocycles. The van der Waals surface area contributed by atoms with Crippen LogP contribution in [0, 0.1) is 5.41 Å². The van der Waals surface area contributed by atoms with E-state index in [4.69, 9.17) is 5.73 Å². The first-order valence-electron chi connectivity index (χ1n) is 4.40. The molecule has 0 amide bonds. The van der Waals surface area contributed by atoms with Crippen molar-refractivity contribution in [1.82, 2.24) is 4.98 Å². The minimum absolute atomic E-state index is 0.230. The van der Waals surface area contributed by atoms with Crippen LogP contribution in [0.15, 0.2) is 11.7 Å². The predicted molar refractivity (Wildman–Crippen MR) is 54.5 cm³/mol. The van der Waals surface area contributed by atoms with Crippen LogP contribution in [0.1, 0.15) is 31.2 Å². The summed E-state index contributed by atoms with van der Waals surface area (Å²) in [6, 6.07) is 0. The lowest BCUT2D eigenvalue weighted by atomic mass is 9.81. The molecular formula is C9H16N2OS. The first kappa shape index (κ1) is 10.6. The van der Waals surface area contributed by atoms with Crippen molar-refractivity contribution in [3.8, 4) is 0 Å². The summed E-state index contributed by atoms with van der Waals surface area (Å²) in [5.74, 6) is 0. The van der Waals surface area contributed by atoms with Crippen molar-refractivity contribution in [2.45, 2.75) is 26.4 Å². The minimum atomic E-state index is -0.491. The van der Waals surface area contributed by atoms with Crippen LogP contribution in [0.25, 0.3) is 0 Å². The molecule has 0 aliphatic rings. The fraction of sp³-hybridized carbons (Fsp3) is 0.667. The largest absolute Gasteiger partial charge is 0.387 e. The number of hydrogen-bond donors (Lipinski definition) is 2. The highest BCUT2D eigenvalue weighted by Crippen LogP contribution is 2.36. The normalized spacial score (nSPS) is 18.2. The van der Waals surface area contributed by atoms with Gasteiger partial charge in [0.2, 0.25) is 0 Å². The van der Waals surface area contributed by atoms with Gasteiger partial charge in [-0.05, 0) is 6.42 Å². The Balaban J connectivity index is 2.82. The highest BCUT2D eigenvalue weighted by atomic mass is 32.1. The SMILES string of the molecule is CCC(C)(CN)C(O)c1cncs1. The number of hydrogen-bond acceptors (Lipinski definition) is 4. The lowest BCUT2D eigenvalue weighted by molar-refractivity contribution is 0.0419. The molecule has 0 fully saturated rings. The van der Waals surface area contributed by atoms with Gasteiger partial charge in [0.15, 0.2) is 0 Å². The maximum Gasteiger partial charge on any atom is 0.0963 e. The van der Waals surface area contributed by atoms with Crippen LogP contribution in [0.4, 0.5) is 0 Å². The predicted octanol–water partition coefficient (Wildman–Crippen LogP) is 1.55. The second kappa shape index (κ2) is 4.17. The standard InChI is InChI=1S/C9H16N2OS/c1-3-9(2,5-10)8(12)7-4-11-6-13-7/h4,6,8,12H,3,5,10H2,1-2H3. The molecule has 0 saturated carbocycles. The molecule has 0 aliphatic carbocycles. The molecule has 3 N–H and O–H groups in total. The quantitative estimate of drug-likeness (QED) is 0.775. The first-order valence-corrected chi connectivity index (χ1v) is 5.28. The number of thiazole rings is 1. The zero-order valence-corrected chi connectivity index (χ0v) is 8.84. The molecule has 2 unspecified atom stereocenters. The Morgan fingerprint density at radius 3 is 2.85 bits per heavy atom. The summed E-state index contributed by atoms with van der Waals surface area (Å²) in [5.41, 5.74) is 7.15. The number of aliphatic hydroxyl groups is 1. The molecule has 1 rings (SSSR count). The van der Waals surface area contributed by atoms with Crippen LogP contribution in [0.5, 0.6) is 0 Å². The second-order valence-electron chi connectivity index (χ2n) is 3.52. The van der Waals surface area contributed by atoms with Gasteiger partial charge in [0, 0.05) is 18.2 Å². The summed E-state index contributed by atoms with van der Waals surface area (Å²) in [6.07, 6.45) is 2.08.